The van der Waals surface area contributed by atoms with Gasteiger partial charge < -0.3 is 10.6 Å². The number of nitrogens with two attached hydrogens (primary N) is 1. The Morgan fingerprint density at radius 3 is 1.71 bits per heavy atom. The van der Waals surface area contributed by atoms with E-state index in [2.05, 4.69) is 5.32 Å². The van der Waals surface area contributed by atoms with Gasteiger partial charge in [-0.15, -0.1) is 0 Å². The first-order chi connectivity index (χ1) is 9.60. The Balaban J connectivity index is 2.15. The standard InChI is InChI=1S/C12H19F4N5/c13-11(14)3-1-7(5-11)21(10(19)20-9(17)18)8-2-4-12(15,16)6-8/h7-8H,1-6H2,(H5,17,18,19,20). The lowest BCUT2D eigenvalue weighted by atomic mass is 10.1. The maximum Gasteiger partial charge on any atom is 0.250 e. The van der Waals surface area contributed by atoms with Crippen LogP contribution in [-0.2, 0) is 0 Å². The van der Waals surface area contributed by atoms with Gasteiger partial charge in [-0.25, -0.2) is 17.6 Å². The van der Waals surface area contributed by atoms with Crippen LogP contribution in [0.3, 0.4) is 0 Å². The molecule has 9 heteroatoms. The number of hydrogen-bond donors (Lipinski definition) is 4. The maximum absolute atomic E-state index is 13.4. The highest BCUT2D eigenvalue weighted by molar-refractivity contribution is 5.95. The smallest absolute Gasteiger partial charge is 0.250 e. The van der Waals surface area contributed by atoms with Crippen LogP contribution < -0.4 is 11.1 Å². The van der Waals surface area contributed by atoms with E-state index in [0.717, 1.165) is 0 Å². The Hall–Kier alpha value is -1.54. The monoisotopic (exact) mass is 309 g/mol. The zero-order valence-corrected chi connectivity index (χ0v) is 11.4. The van der Waals surface area contributed by atoms with Crippen molar-refractivity contribution in [1.29, 1.82) is 10.8 Å². The minimum absolute atomic E-state index is 0.136. The van der Waals surface area contributed by atoms with Gasteiger partial charge >= 0.3 is 0 Å². The first-order valence-corrected chi connectivity index (χ1v) is 6.83. The fraction of sp³-hybridized carbons (Fsp3) is 0.833. The summed E-state index contributed by atoms with van der Waals surface area (Å²) in [6.07, 6.45) is -1.28. The highest BCUT2D eigenvalue weighted by atomic mass is 19.3. The van der Waals surface area contributed by atoms with Crippen LogP contribution in [0.2, 0.25) is 0 Å². The van der Waals surface area contributed by atoms with Gasteiger partial charge in [-0.1, -0.05) is 0 Å². The van der Waals surface area contributed by atoms with Crippen LogP contribution in [0.25, 0.3) is 0 Å². The minimum Gasteiger partial charge on any atom is -0.370 e. The number of nitrogens with one attached hydrogen (secondary N) is 3. The van der Waals surface area contributed by atoms with E-state index in [-0.39, 0.29) is 31.6 Å². The van der Waals surface area contributed by atoms with Crippen molar-refractivity contribution in [3.8, 4) is 0 Å². The van der Waals surface area contributed by atoms with E-state index in [9.17, 15) is 17.6 Å². The number of halogens is 4. The van der Waals surface area contributed by atoms with Gasteiger partial charge in [0.15, 0.2) is 11.9 Å². The van der Waals surface area contributed by atoms with Gasteiger partial charge in [0.1, 0.15) is 0 Å². The van der Waals surface area contributed by atoms with Crippen molar-refractivity contribution in [2.24, 2.45) is 5.73 Å². The number of guanidine groups is 2. The molecule has 2 aliphatic rings. The first kappa shape index (κ1) is 15.8. The molecule has 2 unspecified atom stereocenters. The second-order valence-corrected chi connectivity index (χ2v) is 5.80. The van der Waals surface area contributed by atoms with Crippen molar-refractivity contribution in [3.63, 3.8) is 0 Å². The molecule has 0 saturated heterocycles. The van der Waals surface area contributed by atoms with Crippen LogP contribution in [0.1, 0.15) is 38.5 Å². The zero-order valence-electron chi connectivity index (χ0n) is 11.4. The Bertz CT molecular complexity index is 413. The third-order valence-electron chi connectivity index (χ3n) is 4.05. The van der Waals surface area contributed by atoms with E-state index in [1.165, 1.54) is 4.90 Å². The third-order valence-corrected chi connectivity index (χ3v) is 4.05. The summed E-state index contributed by atoms with van der Waals surface area (Å²) in [6.45, 7) is 0. The summed E-state index contributed by atoms with van der Waals surface area (Å²) in [5.74, 6) is -6.53. The summed E-state index contributed by atoms with van der Waals surface area (Å²) >= 11 is 0. The van der Waals surface area contributed by atoms with E-state index < -0.39 is 42.7 Å². The molecule has 0 bridgehead atoms. The molecule has 0 amide bonds. The molecular weight excluding hydrogens is 290 g/mol. The van der Waals surface area contributed by atoms with Crippen molar-refractivity contribution in [3.05, 3.63) is 0 Å². The molecule has 5 N–H and O–H groups in total. The van der Waals surface area contributed by atoms with Gasteiger partial charge in [-0.3, -0.25) is 16.1 Å². The van der Waals surface area contributed by atoms with Gasteiger partial charge in [0, 0.05) is 37.8 Å². The van der Waals surface area contributed by atoms with E-state index in [0.29, 0.717) is 0 Å². The summed E-state index contributed by atoms with van der Waals surface area (Å²) < 4.78 is 53.5. The van der Waals surface area contributed by atoms with Crippen LogP contribution in [0.5, 0.6) is 0 Å². The molecule has 0 aromatic rings. The van der Waals surface area contributed by atoms with E-state index in [4.69, 9.17) is 16.6 Å². The number of alkyl halides is 4. The van der Waals surface area contributed by atoms with E-state index in [1.54, 1.807) is 0 Å². The van der Waals surface area contributed by atoms with Crippen LogP contribution in [0.4, 0.5) is 17.6 Å². The molecule has 2 saturated carbocycles. The van der Waals surface area contributed by atoms with Gasteiger partial charge in [-0.2, -0.15) is 0 Å². The Kier molecular flexibility index (Phi) is 4.03. The van der Waals surface area contributed by atoms with Crippen molar-refractivity contribution in [1.82, 2.24) is 10.2 Å². The highest BCUT2D eigenvalue weighted by Gasteiger charge is 2.48. The average Bonchev–Trinajstić information content (AvgIpc) is 2.81. The number of hydrogen-bond acceptors (Lipinski definition) is 2. The Morgan fingerprint density at radius 1 is 1.00 bits per heavy atom. The largest absolute Gasteiger partial charge is 0.370 e. The molecule has 120 valence electrons. The van der Waals surface area contributed by atoms with E-state index in [1.807, 2.05) is 0 Å². The van der Waals surface area contributed by atoms with Crippen LogP contribution in [0, 0.1) is 10.8 Å². The van der Waals surface area contributed by atoms with Crippen LogP contribution in [-0.4, -0.2) is 40.7 Å². The third kappa shape index (κ3) is 3.76. The van der Waals surface area contributed by atoms with Crippen molar-refractivity contribution in [2.75, 3.05) is 0 Å². The summed E-state index contributed by atoms with van der Waals surface area (Å²) in [5, 5.41) is 17.2. The molecule has 5 nitrogen and oxygen atoms in total. The molecular formula is C12H19F4N5. The molecule has 2 atom stereocenters. The summed E-state index contributed by atoms with van der Waals surface area (Å²) in [7, 11) is 0. The average molecular weight is 309 g/mol. The van der Waals surface area contributed by atoms with Gasteiger partial charge in [-0.05, 0) is 12.8 Å². The molecule has 0 radical (unpaired) electrons. The predicted molar refractivity (Wildman–Crippen MR) is 69.8 cm³/mol. The molecule has 0 aromatic carbocycles. The second kappa shape index (κ2) is 5.34. The molecule has 2 rings (SSSR count). The molecule has 0 aliphatic heterocycles. The van der Waals surface area contributed by atoms with Crippen LogP contribution >= 0.6 is 0 Å². The SMILES string of the molecule is N=C(N)NC(=N)N(C1CCC(F)(F)C1)C1CCC(F)(F)C1. The van der Waals surface area contributed by atoms with E-state index >= 15 is 0 Å². The lowest BCUT2D eigenvalue weighted by Crippen LogP contribution is -2.53. The number of nitrogens with zero attached hydrogens (tertiary/aromatic N) is 1. The quantitative estimate of drug-likeness (QED) is 0.358. The Morgan fingerprint density at radius 2 is 1.43 bits per heavy atom. The fourth-order valence-electron chi connectivity index (χ4n) is 3.18. The minimum atomic E-state index is -2.83. The predicted octanol–water partition coefficient (Wildman–Crippen LogP) is 2.08. The lowest BCUT2D eigenvalue weighted by Gasteiger charge is -2.36. The van der Waals surface area contributed by atoms with Crippen molar-refractivity contribution < 1.29 is 17.6 Å². The fourth-order valence-corrected chi connectivity index (χ4v) is 3.18. The van der Waals surface area contributed by atoms with Crippen LogP contribution in [0.15, 0.2) is 0 Å². The summed E-state index contributed by atoms with van der Waals surface area (Å²) in [5.41, 5.74) is 5.14. The summed E-state index contributed by atoms with van der Waals surface area (Å²) in [6, 6.07) is -1.36. The normalized spacial score (nSPS) is 30.1. The number of rotatable bonds is 2. The lowest BCUT2D eigenvalue weighted by molar-refractivity contribution is -0.00409. The topological polar surface area (TPSA) is 89.0 Å². The molecule has 2 fully saturated rings. The first-order valence-electron chi connectivity index (χ1n) is 6.83. The molecule has 0 heterocycles. The highest BCUT2D eigenvalue weighted by Crippen LogP contribution is 2.43. The molecule has 0 aromatic heterocycles. The summed E-state index contributed by atoms with van der Waals surface area (Å²) in [4.78, 5) is 1.27. The van der Waals surface area contributed by atoms with Gasteiger partial charge in [0.05, 0.1) is 0 Å². The second-order valence-electron chi connectivity index (χ2n) is 5.80. The van der Waals surface area contributed by atoms with Crippen molar-refractivity contribution >= 4 is 11.9 Å². The molecule has 2 aliphatic carbocycles. The zero-order chi connectivity index (χ0) is 15.8. The molecule has 21 heavy (non-hydrogen) atoms. The Labute approximate surface area is 119 Å². The van der Waals surface area contributed by atoms with Crippen molar-refractivity contribution in [2.45, 2.75) is 62.5 Å². The van der Waals surface area contributed by atoms with Gasteiger partial charge in [0.2, 0.25) is 11.8 Å². The van der Waals surface area contributed by atoms with Gasteiger partial charge in [0.25, 0.3) is 0 Å². The maximum atomic E-state index is 13.4. The molecule has 0 spiro atoms.